The van der Waals surface area contributed by atoms with E-state index >= 15 is 0 Å². The van der Waals surface area contributed by atoms with Gasteiger partial charge in [-0.3, -0.25) is 38.9 Å². The van der Waals surface area contributed by atoms with Gasteiger partial charge in [-0.05, 0) is 51.5 Å². The zero-order chi connectivity index (χ0) is 58.2. The van der Waals surface area contributed by atoms with E-state index < -0.39 is 35.5 Å². The highest BCUT2D eigenvalue weighted by atomic mass is 16.5. The van der Waals surface area contributed by atoms with Crippen LogP contribution in [0.15, 0.2) is 30.3 Å². The van der Waals surface area contributed by atoms with Gasteiger partial charge in [-0.15, -0.1) is 0 Å². The van der Waals surface area contributed by atoms with Crippen molar-refractivity contribution in [1.29, 1.82) is 0 Å². The maximum Gasteiger partial charge on any atom is 0.326 e. The van der Waals surface area contributed by atoms with E-state index in [2.05, 4.69) is 38.8 Å². The minimum Gasteiger partial charge on any atom is -0.480 e. The van der Waals surface area contributed by atoms with Crippen molar-refractivity contribution >= 4 is 47.1 Å². The molecule has 10 N–H and O–H groups in total. The number of nitrogens with one attached hydrogen (secondary N) is 7. The number of ketones is 2. The molecule has 1 aromatic rings. The molecule has 0 aromatic heterocycles. The highest BCUT2D eigenvalue weighted by Gasteiger charge is 2.27. The molecule has 22 nitrogen and oxygen atoms in total. The van der Waals surface area contributed by atoms with Gasteiger partial charge in [-0.2, -0.15) is 0 Å². The molecule has 3 atom stereocenters. The number of benzene rings is 1. The van der Waals surface area contributed by atoms with Crippen molar-refractivity contribution in [3.63, 3.8) is 0 Å². The van der Waals surface area contributed by atoms with Gasteiger partial charge in [0.25, 0.3) is 0 Å². The summed E-state index contributed by atoms with van der Waals surface area (Å²) in [6, 6.07) is 6.57. The molecule has 451 valence electrons. The Morgan fingerprint density at radius 3 is 1.58 bits per heavy atom. The highest BCUT2D eigenvalue weighted by Crippen LogP contribution is 2.14. The number of primary amides is 1. The lowest BCUT2D eigenvalue weighted by Gasteiger charge is -2.22. The average molecular weight is 1120 g/mol. The Labute approximate surface area is 470 Å². The number of aliphatic carboxylic acids is 1. The number of carbonyl (C=O) groups is 8. The molecule has 0 aliphatic carbocycles. The SMILES string of the molecule is CCCCCCCCCCCCCCCCCC(=O)N[C@@H](CCC(=O)NCCOCCOCC(=O)NCCOCCOCC(=O)NCCCC[C@H](NCC(=O)C(C)(C)[NH])C(=O)CN[C@@H](COCc1ccccc1)C(N)=O)C(=O)O. The smallest absolute Gasteiger partial charge is 0.326 e. The van der Waals surface area contributed by atoms with E-state index in [1.807, 2.05) is 30.3 Å². The molecule has 1 aromatic carbocycles. The van der Waals surface area contributed by atoms with Gasteiger partial charge in [0.15, 0.2) is 11.6 Å². The number of nitrogens with two attached hydrogens (primary N) is 1. The Kier molecular flexibility index (Phi) is 43.6. The van der Waals surface area contributed by atoms with Crippen LogP contribution in [0.2, 0.25) is 0 Å². The number of ether oxygens (including phenoxy) is 5. The van der Waals surface area contributed by atoms with Gasteiger partial charge in [0.1, 0.15) is 25.3 Å². The Morgan fingerprint density at radius 1 is 0.544 bits per heavy atom. The van der Waals surface area contributed by atoms with Crippen molar-refractivity contribution in [2.75, 3.05) is 92.2 Å². The van der Waals surface area contributed by atoms with Crippen LogP contribution in [0.5, 0.6) is 0 Å². The number of hydrogen-bond acceptors (Lipinski definition) is 15. The number of hydrogen-bond donors (Lipinski definition) is 8. The minimum atomic E-state index is -1.34. The third-order valence-electron chi connectivity index (χ3n) is 12.7. The molecular weight excluding hydrogens is 1020 g/mol. The normalized spacial score (nSPS) is 12.6. The summed E-state index contributed by atoms with van der Waals surface area (Å²) >= 11 is 0. The van der Waals surface area contributed by atoms with Gasteiger partial charge in [0.05, 0.1) is 77.5 Å². The van der Waals surface area contributed by atoms with E-state index in [4.69, 9.17) is 35.2 Å². The topological polar surface area (TPSA) is 325 Å². The summed E-state index contributed by atoms with van der Waals surface area (Å²) in [5.74, 6) is -3.91. The van der Waals surface area contributed by atoms with Crippen molar-refractivity contribution in [2.24, 2.45) is 5.73 Å². The average Bonchev–Trinajstić information content (AvgIpc) is 3.41. The Bertz CT molecular complexity index is 1820. The number of Topliss-reactive ketones (excluding diaryl/α,β-unsaturated/α-hetero) is 2. The van der Waals surface area contributed by atoms with Crippen LogP contribution >= 0.6 is 0 Å². The number of unbranched alkanes of at least 4 members (excludes halogenated alkanes) is 15. The van der Waals surface area contributed by atoms with Crippen molar-refractivity contribution in [3.8, 4) is 0 Å². The second kappa shape index (κ2) is 47.8. The monoisotopic (exact) mass is 1120 g/mol. The molecule has 0 bridgehead atoms. The maximum atomic E-state index is 13.2. The van der Waals surface area contributed by atoms with Gasteiger partial charge < -0.3 is 61.1 Å². The molecule has 0 heterocycles. The summed E-state index contributed by atoms with van der Waals surface area (Å²) in [5.41, 5.74) is 13.1. The summed E-state index contributed by atoms with van der Waals surface area (Å²) in [4.78, 5) is 98.5. The zero-order valence-corrected chi connectivity index (χ0v) is 47.9. The first-order valence-corrected chi connectivity index (χ1v) is 28.8. The molecular formula is C57H99N8O14. The van der Waals surface area contributed by atoms with Gasteiger partial charge in [0, 0.05) is 32.5 Å². The van der Waals surface area contributed by atoms with Crippen molar-refractivity contribution in [2.45, 2.75) is 186 Å². The molecule has 0 aliphatic heterocycles. The minimum absolute atomic E-state index is 0.0270. The van der Waals surface area contributed by atoms with Gasteiger partial charge in [-0.1, -0.05) is 127 Å². The fourth-order valence-electron chi connectivity index (χ4n) is 7.91. The van der Waals surface area contributed by atoms with E-state index in [0.717, 1.165) is 24.8 Å². The summed E-state index contributed by atoms with van der Waals surface area (Å²) in [6.07, 6.45) is 19.9. The highest BCUT2D eigenvalue weighted by molar-refractivity contribution is 5.91. The third kappa shape index (κ3) is 42.6. The third-order valence-corrected chi connectivity index (χ3v) is 12.7. The molecule has 79 heavy (non-hydrogen) atoms. The lowest BCUT2D eigenvalue weighted by Crippen LogP contribution is -2.51. The van der Waals surface area contributed by atoms with Crippen molar-refractivity contribution in [1.82, 2.24) is 37.6 Å². The number of amides is 5. The van der Waals surface area contributed by atoms with E-state index in [9.17, 15) is 43.5 Å². The summed E-state index contributed by atoms with van der Waals surface area (Å²) in [5, 5.41) is 26.0. The first-order chi connectivity index (χ1) is 38.0. The number of carbonyl (C=O) groups excluding carboxylic acids is 7. The Morgan fingerprint density at radius 2 is 1.05 bits per heavy atom. The summed E-state index contributed by atoms with van der Waals surface area (Å²) in [7, 11) is 0. The molecule has 0 spiro atoms. The van der Waals surface area contributed by atoms with Crippen LogP contribution in [-0.2, 0) is 68.6 Å². The number of carboxylic acids is 1. The lowest BCUT2D eigenvalue weighted by molar-refractivity contribution is -0.142. The van der Waals surface area contributed by atoms with Crippen LogP contribution < -0.4 is 43.4 Å². The van der Waals surface area contributed by atoms with Crippen LogP contribution in [-0.4, -0.2) is 168 Å². The predicted octanol–water partition coefficient (Wildman–Crippen LogP) is 4.00. The van der Waals surface area contributed by atoms with Crippen LogP contribution in [0.3, 0.4) is 0 Å². The zero-order valence-electron chi connectivity index (χ0n) is 47.9. The van der Waals surface area contributed by atoms with Crippen LogP contribution in [0, 0.1) is 0 Å². The molecule has 0 unspecified atom stereocenters. The van der Waals surface area contributed by atoms with E-state index in [0.29, 0.717) is 32.2 Å². The van der Waals surface area contributed by atoms with Gasteiger partial charge in [-0.25, -0.2) is 10.5 Å². The van der Waals surface area contributed by atoms with E-state index in [-0.39, 0.29) is 147 Å². The molecule has 5 amide bonds. The second-order valence-corrected chi connectivity index (χ2v) is 20.4. The molecule has 0 aliphatic rings. The first-order valence-electron chi connectivity index (χ1n) is 28.8. The van der Waals surface area contributed by atoms with Crippen LogP contribution in [0.25, 0.3) is 0 Å². The van der Waals surface area contributed by atoms with Crippen LogP contribution in [0.1, 0.15) is 161 Å². The number of rotatable bonds is 55. The molecule has 0 saturated heterocycles. The molecule has 22 heteroatoms. The fraction of sp³-hybridized carbons (Fsp3) is 0.754. The fourth-order valence-corrected chi connectivity index (χ4v) is 7.91. The van der Waals surface area contributed by atoms with E-state index in [1.54, 1.807) is 0 Å². The number of carboxylic acid groups (broad SMARTS) is 1. The molecule has 1 rings (SSSR count). The summed E-state index contributed by atoms with van der Waals surface area (Å²) in [6.45, 7) is 6.42. The van der Waals surface area contributed by atoms with Crippen molar-refractivity contribution < 1.29 is 67.1 Å². The van der Waals surface area contributed by atoms with E-state index in [1.165, 1.54) is 84.5 Å². The van der Waals surface area contributed by atoms with Crippen LogP contribution in [0.4, 0.5) is 0 Å². The maximum absolute atomic E-state index is 13.2. The largest absolute Gasteiger partial charge is 0.480 e. The Balaban J connectivity index is 2.08. The van der Waals surface area contributed by atoms with Gasteiger partial charge >= 0.3 is 5.97 Å². The molecule has 1 radical (unpaired) electrons. The molecule has 0 fully saturated rings. The van der Waals surface area contributed by atoms with Gasteiger partial charge in [0.2, 0.25) is 29.5 Å². The molecule has 0 saturated carbocycles. The second-order valence-electron chi connectivity index (χ2n) is 20.4. The summed E-state index contributed by atoms with van der Waals surface area (Å²) < 4.78 is 27.2. The quantitative estimate of drug-likeness (QED) is 0.0428. The Hall–Kier alpha value is -4.94. The predicted molar refractivity (Wildman–Crippen MR) is 301 cm³/mol. The lowest BCUT2D eigenvalue weighted by atomic mass is 9.99. The standard InChI is InChI=1S/C57H99N8O14/c1-4-5-6-7-8-9-10-11-12-13-14-15-16-17-21-27-52(69)65-47(56(73)74)28-29-51(68)61-31-33-75-35-38-78-44-54(71)62-32-34-76-36-37-77-43-53(70)60-30-23-22-26-46(64-40-50(67)57(2,3)59)49(66)39-63-48(55(58)72)42-79-41-45-24-19-18-20-25-45/h18-20,24-25,46-48,59,63-64H,4-17,21-23,26-44H2,1-3H3,(H2,58,72)(H,60,70)(H,61,68)(H,62,71)(H,65,69)(H,73,74)/t46-,47-,48-/m0/s1. The van der Waals surface area contributed by atoms with Crippen molar-refractivity contribution in [3.05, 3.63) is 35.9 Å². The first kappa shape index (κ1) is 72.1.